The van der Waals surface area contributed by atoms with Crippen LogP contribution in [0.5, 0.6) is 5.75 Å². The molecule has 0 bridgehead atoms. The van der Waals surface area contributed by atoms with Crippen LogP contribution in [0.3, 0.4) is 0 Å². The highest BCUT2D eigenvalue weighted by molar-refractivity contribution is 7.89. The summed E-state index contributed by atoms with van der Waals surface area (Å²) in [5, 5.41) is 2.54. The lowest BCUT2D eigenvalue weighted by Crippen LogP contribution is -2.50. The number of anilines is 1. The van der Waals surface area contributed by atoms with E-state index >= 15 is 0 Å². The zero-order valence-electron chi connectivity index (χ0n) is 16.3. The van der Waals surface area contributed by atoms with Gasteiger partial charge in [-0.15, -0.1) is 0 Å². The van der Waals surface area contributed by atoms with Crippen molar-refractivity contribution in [1.29, 1.82) is 0 Å². The van der Waals surface area contributed by atoms with E-state index < -0.39 is 15.8 Å². The van der Waals surface area contributed by atoms with Crippen molar-refractivity contribution in [1.82, 2.24) is 9.21 Å². The number of piperazine rings is 1. The molecule has 1 saturated heterocycles. The molecule has 2 aliphatic heterocycles. The molecule has 0 aliphatic carbocycles. The van der Waals surface area contributed by atoms with Crippen molar-refractivity contribution < 1.29 is 27.1 Å². The van der Waals surface area contributed by atoms with Crippen molar-refractivity contribution in [3.05, 3.63) is 52.8 Å². The number of benzene rings is 2. The quantitative estimate of drug-likeness (QED) is 0.740. The first-order valence-electron chi connectivity index (χ1n) is 9.52. The number of nitrogens with one attached hydrogen (secondary N) is 1. The van der Waals surface area contributed by atoms with Crippen LogP contribution in [0, 0.1) is 5.82 Å². The molecular weight excluding hydrogens is 449 g/mol. The van der Waals surface area contributed by atoms with E-state index in [1.807, 2.05) is 0 Å². The summed E-state index contributed by atoms with van der Waals surface area (Å²) >= 11 is 6.19. The molecule has 0 saturated carbocycles. The van der Waals surface area contributed by atoms with Crippen LogP contribution in [0.2, 0.25) is 5.02 Å². The van der Waals surface area contributed by atoms with E-state index in [1.54, 1.807) is 17.0 Å². The molecule has 2 aliphatic rings. The standard InChI is InChI=1S/C20H19ClFN3O5S/c21-15-10-16-17(30-12-19(26)23-16)11-18(15)31(28,29)25-6-4-24(5-7-25)20(27)9-13-2-1-3-14(22)8-13/h1-3,8,10-11H,4-7,9,12H2,(H,23,26). The zero-order valence-corrected chi connectivity index (χ0v) is 17.9. The fourth-order valence-electron chi connectivity index (χ4n) is 3.53. The Balaban J connectivity index is 1.44. The summed E-state index contributed by atoms with van der Waals surface area (Å²) in [5.74, 6) is -0.727. The Morgan fingerprint density at radius 1 is 1.16 bits per heavy atom. The van der Waals surface area contributed by atoms with Gasteiger partial charge in [0.15, 0.2) is 6.61 Å². The molecule has 0 spiro atoms. The SMILES string of the molecule is O=C1COc2cc(S(=O)(=O)N3CCN(C(=O)Cc4cccc(F)c4)CC3)c(Cl)cc2N1. The highest BCUT2D eigenvalue weighted by Gasteiger charge is 2.33. The van der Waals surface area contributed by atoms with E-state index in [0.29, 0.717) is 11.3 Å². The Bertz CT molecular complexity index is 1150. The van der Waals surface area contributed by atoms with Crippen LogP contribution in [0.15, 0.2) is 41.3 Å². The molecule has 0 aromatic heterocycles. The van der Waals surface area contributed by atoms with Crippen molar-refractivity contribution in [3.63, 3.8) is 0 Å². The molecule has 2 aromatic rings. The molecular formula is C20H19ClFN3O5S. The van der Waals surface area contributed by atoms with Gasteiger partial charge in [-0.05, 0) is 23.8 Å². The van der Waals surface area contributed by atoms with E-state index in [-0.39, 0.29) is 66.7 Å². The lowest BCUT2D eigenvalue weighted by Gasteiger charge is -2.34. The Morgan fingerprint density at radius 2 is 1.90 bits per heavy atom. The van der Waals surface area contributed by atoms with Crippen molar-refractivity contribution in [2.45, 2.75) is 11.3 Å². The third-order valence-electron chi connectivity index (χ3n) is 5.12. The number of ether oxygens (including phenoxy) is 1. The predicted molar refractivity (Wildman–Crippen MR) is 111 cm³/mol. The van der Waals surface area contributed by atoms with Crippen LogP contribution in [-0.2, 0) is 26.0 Å². The number of carbonyl (C=O) groups excluding carboxylic acids is 2. The zero-order chi connectivity index (χ0) is 22.2. The number of rotatable bonds is 4. The second kappa shape index (κ2) is 8.45. The maximum absolute atomic E-state index is 13.3. The Hall–Kier alpha value is -2.69. The normalized spacial score (nSPS) is 17.0. The summed E-state index contributed by atoms with van der Waals surface area (Å²) in [6, 6.07) is 8.47. The van der Waals surface area contributed by atoms with Crippen LogP contribution in [0.4, 0.5) is 10.1 Å². The summed E-state index contributed by atoms with van der Waals surface area (Å²) < 4.78 is 46.1. The van der Waals surface area contributed by atoms with Gasteiger partial charge in [0.2, 0.25) is 15.9 Å². The van der Waals surface area contributed by atoms with Gasteiger partial charge in [0, 0.05) is 32.2 Å². The number of amides is 2. The highest BCUT2D eigenvalue weighted by Crippen LogP contribution is 2.37. The van der Waals surface area contributed by atoms with E-state index in [0.717, 1.165) is 0 Å². The summed E-state index contributed by atoms with van der Waals surface area (Å²) in [4.78, 5) is 25.4. The number of halogens is 2. The molecule has 0 radical (unpaired) electrons. The maximum atomic E-state index is 13.3. The lowest BCUT2D eigenvalue weighted by molar-refractivity contribution is -0.131. The molecule has 1 fully saturated rings. The number of carbonyl (C=O) groups is 2. The summed E-state index contributed by atoms with van der Waals surface area (Å²) in [5.41, 5.74) is 0.876. The summed E-state index contributed by atoms with van der Waals surface area (Å²) in [6.07, 6.45) is 0.0459. The maximum Gasteiger partial charge on any atom is 0.262 e. The minimum Gasteiger partial charge on any atom is -0.482 e. The average Bonchev–Trinajstić information content (AvgIpc) is 2.73. The fraction of sp³-hybridized carbons (Fsp3) is 0.300. The van der Waals surface area contributed by atoms with Crippen molar-refractivity contribution in [2.75, 3.05) is 38.1 Å². The monoisotopic (exact) mass is 467 g/mol. The van der Waals surface area contributed by atoms with E-state index in [2.05, 4.69) is 5.32 Å². The van der Waals surface area contributed by atoms with Gasteiger partial charge >= 0.3 is 0 Å². The molecule has 4 rings (SSSR count). The highest BCUT2D eigenvalue weighted by atomic mass is 35.5. The number of hydrogen-bond acceptors (Lipinski definition) is 5. The van der Waals surface area contributed by atoms with E-state index in [4.69, 9.17) is 16.3 Å². The molecule has 164 valence electrons. The Kier molecular flexibility index (Phi) is 5.87. The van der Waals surface area contributed by atoms with Gasteiger partial charge in [0.25, 0.3) is 5.91 Å². The molecule has 2 heterocycles. The third-order valence-corrected chi connectivity index (χ3v) is 7.48. The van der Waals surface area contributed by atoms with Crippen molar-refractivity contribution >= 4 is 39.1 Å². The first kappa shape index (κ1) is 21.5. The summed E-state index contributed by atoms with van der Waals surface area (Å²) in [6.45, 7) is 0.412. The first-order chi connectivity index (χ1) is 14.7. The van der Waals surface area contributed by atoms with Gasteiger partial charge in [-0.25, -0.2) is 12.8 Å². The smallest absolute Gasteiger partial charge is 0.262 e. The topological polar surface area (TPSA) is 96.0 Å². The molecule has 8 nitrogen and oxygen atoms in total. The molecule has 31 heavy (non-hydrogen) atoms. The number of nitrogens with zero attached hydrogens (tertiary/aromatic N) is 2. The minimum absolute atomic E-state index is 0.0332. The predicted octanol–water partition coefficient (Wildman–Crippen LogP) is 1.89. The van der Waals surface area contributed by atoms with Crippen LogP contribution in [-0.4, -0.2) is 62.2 Å². The van der Waals surface area contributed by atoms with Crippen molar-refractivity contribution in [2.24, 2.45) is 0 Å². The molecule has 2 amide bonds. The van der Waals surface area contributed by atoms with E-state index in [9.17, 15) is 22.4 Å². The summed E-state index contributed by atoms with van der Waals surface area (Å²) in [7, 11) is -3.93. The van der Waals surface area contributed by atoms with Crippen LogP contribution < -0.4 is 10.1 Å². The number of hydrogen-bond donors (Lipinski definition) is 1. The average molecular weight is 468 g/mol. The minimum atomic E-state index is -3.93. The Morgan fingerprint density at radius 3 is 2.61 bits per heavy atom. The van der Waals surface area contributed by atoms with Gasteiger partial charge in [-0.2, -0.15) is 4.31 Å². The molecule has 11 heteroatoms. The van der Waals surface area contributed by atoms with Gasteiger partial charge < -0.3 is 15.0 Å². The van der Waals surface area contributed by atoms with Gasteiger partial charge in [0.05, 0.1) is 17.1 Å². The second-order valence-corrected chi connectivity index (χ2v) is 9.52. The molecule has 2 aromatic carbocycles. The van der Waals surface area contributed by atoms with Crippen LogP contribution in [0.1, 0.15) is 5.56 Å². The van der Waals surface area contributed by atoms with Gasteiger partial charge in [-0.1, -0.05) is 23.7 Å². The van der Waals surface area contributed by atoms with Crippen molar-refractivity contribution in [3.8, 4) is 5.75 Å². The Labute approximate surface area is 183 Å². The molecule has 0 atom stereocenters. The fourth-order valence-corrected chi connectivity index (χ4v) is 5.47. The van der Waals surface area contributed by atoms with E-state index in [1.165, 1.54) is 28.6 Å². The molecule has 0 unspecified atom stereocenters. The van der Waals surface area contributed by atoms with Crippen LogP contribution >= 0.6 is 11.6 Å². The largest absolute Gasteiger partial charge is 0.482 e. The van der Waals surface area contributed by atoms with Crippen LogP contribution in [0.25, 0.3) is 0 Å². The lowest BCUT2D eigenvalue weighted by atomic mass is 10.1. The molecule has 1 N–H and O–H groups in total. The number of sulfonamides is 1. The number of fused-ring (bicyclic) bond motifs is 1. The first-order valence-corrected chi connectivity index (χ1v) is 11.3. The van der Waals surface area contributed by atoms with Gasteiger partial charge in [0.1, 0.15) is 16.5 Å². The third kappa shape index (κ3) is 4.51. The second-order valence-electron chi connectivity index (χ2n) is 7.21. The van der Waals surface area contributed by atoms with Gasteiger partial charge in [-0.3, -0.25) is 9.59 Å².